The van der Waals surface area contributed by atoms with E-state index in [1.807, 2.05) is 0 Å². The van der Waals surface area contributed by atoms with Gasteiger partial charge in [-0.3, -0.25) is 9.36 Å². The smallest absolute Gasteiger partial charge is 0.327 e. The maximum Gasteiger partial charge on any atom is 0.327 e. The van der Waals surface area contributed by atoms with Crippen LogP contribution < -0.4 is 5.69 Å². The van der Waals surface area contributed by atoms with E-state index < -0.39 is 11.9 Å². The van der Waals surface area contributed by atoms with E-state index in [1.165, 1.54) is 9.13 Å². The average molecular weight is 184 g/mol. The van der Waals surface area contributed by atoms with Crippen LogP contribution in [0.3, 0.4) is 0 Å². The fourth-order valence-electron chi connectivity index (χ4n) is 1.02. The summed E-state index contributed by atoms with van der Waals surface area (Å²) in [4.78, 5) is 21.8. The normalized spacial score (nSPS) is 12.8. The molecule has 0 aliphatic rings. The number of carboxylic acids is 1. The number of aryl methyl sites for hydroxylation is 1. The van der Waals surface area contributed by atoms with Crippen LogP contribution in [0.15, 0.2) is 17.2 Å². The molecule has 1 heterocycles. The summed E-state index contributed by atoms with van der Waals surface area (Å²) in [7, 11) is 1.63. The predicted octanol–water partition coefficient (Wildman–Crippen LogP) is -0.0925. The zero-order valence-electron chi connectivity index (χ0n) is 7.60. The molecule has 1 aromatic heterocycles. The van der Waals surface area contributed by atoms with Crippen molar-refractivity contribution in [2.75, 3.05) is 0 Å². The number of hydrogen-bond acceptors (Lipinski definition) is 2. The Hall–Kier alpha value is -1.52. The number of imidazole rings is 1. The van der Waals surface area contributed by atoms with Gasteiger partial charge >= 0.3 is 11.7 Å². The van der Waals surface area contributed by atoms with Crippen molar-refractivity contribution in [3.8, 4) is 0 Å². The van der Waals surface area contributed by atoms with Crippen LogP contribution in [0.2, 0.25) is 0 Å². The van der Waals surface area contributed by atoms with Crippen LogP contribution in [0.25, 0.3) is 0 Å². The molecule has 1 aromatic rings. The van der Waals surface area contributed by atoms with Crippen molar-refractivity contribution in [3.63, 3.8) is 0 Å². The third-order valence-corrected chi connectivity index (χ3v) is 1.91. The Morgan fingerprint density at radius 3 is 2.62 bits per heavy atom. The second-order valence-corrected chi connectivity index (χ2v) is 3.08. The first kappa shape index (κ1) is 9.57. The monoisotopic (exact) mass is 184 g/mol. The van der Waals surface area contributed by atoms with Crippen LogP contribution >= 0.6 is 0 Å². The third kappa shape index (κ3) is 1.99. The zero-order valence-corrected chi connectivity index (χ0v) is 7.60. The van der Waals surface area contributed by atoms with E-state index in [1.54, 1.807) is 26.4 Å². The fraction of sp³-hybridized carbons (Fsp3) is 0.500. The van der Waals surface area contributed by atoms with Crippen molar-refractivity contribution in [1.29, 1.82) is 0 Å². The Morgan fingerprint density at radius 2 is 2.23 bits per heavy atom. The molecule has 0 saturated carbocycles. The van der Waals surface area contributed by atoms with E-state index in [2.05, 4.69) is 0 Å². The number of hydrogen-bond donors (Lipinski definition) is 1. The lowest BCUT2D eigenvalue weighted by Gasteiger charge is -2.05. The highest BCUT2D eigenvalue weighted by Crippen LogP contribution is 1.97. The standard InChI is InChI=1S/C8H12N2O3/c1-6(7(11)12)5-10-4-3-9(2)8(10)13/h3-4,6H,5H2,1-2H3,(H,11,12). The van der Waals surface area contributed by atoms with E-state index >= 15 is 0 Å². The van der Waals surface area contributed by atoms with Crippen molar-refractivity contribution < 1.29 is 9.90 Å². The number of carboxylic acid groups (broad SMARTS) is 1. The Morgan fingerprint density at radius 1 is 1.62 bits per heavy atom. The molecule has 1 atom stereocenters. The minimum atomic E-state index is -0.893. The van der Waals surface area contributed by atoms with Crippen LogP contribution in [-0.2, 0) is 18.4 Å². The topological polar surface area (TPSA) is 64.2 Å². The van der Waals surface area contributed by atoms with Gasteiger partial charge in [-0.05, 0) is 0 Å². The van der Waals surface area contributed by atoms with Crippen LogP contribution in [0.5, 0.6) is 0 Å². The molecule has 1 unspecified atom stereocenters. The number of nitrogens with zero attached hydrogens (tertiary/aromatic N) is 2. The molecule has 72 valence electrons. The van der Waals surface area contributed by atoms with Crippen molar-refractivity contribution >= 4 is 5.97 Å². The van der Waals surface area contributed by atoms with Gasteiger partial charge in [0, 0.05) is 26.0 Å². The molecule has 5 heteroatoms. The van der Waals surface area contributed by atoms with Crippen LogP contribution in [-0.4, -0.2) is 20.2 Å². The quantitative estimate of drug-likeness (QED) is 0.713. The minimum Gasteiger partial charge on any atom is -0.481 e. The Kier molecular flexibility index (Phi) is 2.55. The van der Waals surface area contributed by atoms with E-state index in [0.717, 1.165) is 0 Å². The summed E-state index contributed by atoms with van der Waals surface area (Å²) in [5.41, 5.74) is -0.187. The zero-order chi connectivity index (χ0) is 10.0. The maximum absolute atomic E-state index is 11.3. The molecule has 1 rings (SSSR count). The summed E-state index contributed by atoms with van der Waals surface area (Å²) in [6, 6.07) is 0. The number of aromatic nitrogens is 2. The summed E-state index contributed by atoms with van der Waals surface area (Å²) in [6.45, 7) is 1.79. The number of aliphatic carboxylic acids is 1. The lowest BCUT2D eigenvalue weighted by atomic mass is 10.2. The van der Waals surface area contributed by atoms with Crippen molar-refractivity contribution in [2.45, 2.75) is 13.5 Å². The fourth-order valence-corrected chi connectivity index (χ4v) is 1.02. The molecule has 5 nitrogen and oxygen atoms in total. The second-order valence-electron chi connectivity index (χ2n) is 3.08. The molecule has 0 fully saturated rings. The Labute approximate surface area is 75.2 Å². The van der Waals surface area contributed by atoms with Gasteiger partial charge in [-0.2, -0.15) is 0 Å². The van der Waals surface area contributed by atoms with Gasteiger partial charge in [0.2, 0.25) is 0 Å². The van der Waals surface area contributed by atoms with Gasteiger partial charge in [0.15, 0.2) is 0 Å². The van der Waals surface area contributed by atoms with Gasteiger partial charge in [-0.25, -0.2) is 4.79 Å². The highest BCUT2D eigenvalue weighted by Gasteiger charge is 2.12. The molecule has 0 radical (unpaired) electrons. The predicted molar refractivity (Wildman–Crippen MR) is 46.5 cm³/mol. The molecule has 0 spiro atoms. The summed E-state index contributed by atoms with van der Waals surface area (Å²) in [5, 5.41) is 8.62. The van der Waals surface area contributed by atoms with Crippen LogP contribution in [0.4, 0.5) is 0 Å². The molecule has 0 aliphatic carbocycles. The molecule has 0 amide bonds. The van der Waals surface area contributed by atoms with Crippen molar-refractivity contribution in [3.05, 3.63) is 22.9 Å². The molecule has 1 N–H and O–H groups in total. The van der Waals surface area contributed by atoms with E-state index in [9.17, 15) is 9.59 Å². The summed E-state index contributed by atoms with van der Waals surface area (Å²) >= 11 is 0. The first-order valence-electron chi connectivity index (χ1n) is 3.97. The number of carbonyl (C=O) groups is 1. The number of rotatable bonds is 3. The molecule has 13 heavy (non-hydrogen) atoms. The SMILES string of the molecule is CC(Cn1ccn(C)c1=O)C(=O)O. The van der Waals surface area contributed by atoms with Crippen LogP contribution in [0, 0.1) is 5.92 Å². The van der Waals surface area contributed by atoms with E-state index in [4.69, 9.17) is 5.11 Å². The maximum atomic E-state index is 11.3. The Bertz CT molecular complexity index is 364. The lowest BCUT2D eigenvalue weighted by Crippen LogP contribution is -2.26. The highest BCUT2D eigenvalue weighted by molar-refractivity contribution is 5.69. The van der Waals surface area contributed by atoms with Gasteiger partial charge in [0.1, 0.15) is 0 Å². The molecule has 0 aromatic carbocycles. The first-order chi connectivity index (χ1) is 6.02. The molecule has 0 bridgehead atoms. The van der Waals surface area contributed by atoms with Gasteiger partial charge in [-0.15, -0.1) is 0 Å². The molecular formula is C8H12N2O3. The van der Waals surface area contributed by atoms with Gasteiger partial charge in [0.25, 0.3) is 0 Å². The van der Waals surface area contributed by atoms with E-state index in [-0.39, 0.29) is 12.2 Å². The van der Waals surface area contributed by atoms with Crippen LogP contribution in [0.1, 0.15) is 6.92 Å². The third-order valence-electron chi connectivity index (χ3n) is 1.91. The van der Waals surface area contributed by atoms with Crippen molar-refractivity contribution in [1.82, 2.24) is 9.13 Å². The summed E-state index contributed by atoms with van der Waals surface area (Å²) < 4.78 is 2.80. The molecule has 0 saturated heterocycles. The molecule has 0 aliphatic heterocycles. The van der Waals surface area contributed by atoms with E-state index in [0.29, 0.717) is 0 Å². The van der Waals surface area contributed by atoms with Gasteiger partial charge in [-0.1, -0.05) is 6.92 Å². The lowest BCUT2D eigenvalue weighted by molar-refractivity contribution is -0.141. The van der Waals surface area contributed by atoms with Gasteiger partial charge < -0.3 is 9.67 Å². The highest BCUT2D eigenvalue weighted by atomic mass is 16.4. The Balaban J connectivity index is 2.81. The largest absolute Gasteiger partial charge is 0.481 e. The molecular weight excluding hydrogens is 172 g/mol. The second kappa shape index (κ2) is 3.47. The average Bonchev–Trinajstić information content (AvgIpc) is 2.36. The minimum absolute atomic E-state index is 0.187. The van der Waals surface area contributed by atoms with Gasteiger partial charge in [0.05, 0.1) is 5.92 Å². The summed E-state index contributed by atoms with van der Waals surface area (Å²) in [5.74, 6) is -1.43. The summed E-state index contributed by atoms with van der Waals surface area (Å²) in [6.07, 6.45) is 3.19. The van der Waals surface area contributed by atoms with Crippen molar-refractivity contribution in [2.24, 2.45) is 13.0 Å². The first-order valence-corrected chi connectivity index (χ1v) is 3.97.